The fourth-order valence-corrected chi connectivity index (χ4v) is 5.68. The molecule has 0 saturated heterocycles. The monoisotopic (exact) mass is 569 g/mol. The highest BCUT2D eigenvalue weighted by Crippen LogP contribution is 2.28. The average molecular weight is 570 g/mol. The molecule has 2 amide bonds. The number of benzene rings is 3. The SMILES string of the molecule is Cc1cccc(C)c1N(CC(=O)N(Cc1ccccc1Cl)[C@@H](Cc1ccccc1)C(=O)NC(C)C)S(C)(=O)=O. The number of sulfonamides is 1. The predicted octanol–water partition coefficient (Wildman–Crippen LogP) is 4.89. The number of rotatable bonds is 11. The molecule has 3 aromatic carbocycles. The number of hydrogen-bond donors (Lipinski definition) is 1. The summed E-state index contributed by atoms with van der Waals surface area (Å²) in [5, 5.41) is 3.39. The van der Waals surface area contributed by atoms with Crippen LogP contribution in [0.1, 0.15) is 36.1 Å². The number of anilines is 1. The van der Waals surface area contributed by atoms with Crippen LogP contribution in [0.4, 0.5) is 5.69 Å². The molecule has 0 bridgehead atoms. The molecule has 0 aliphatic heterocycles. The van der Waals surface area contributed by atoms with Crippen LogP contribution >= 0.6 is 11.6 Å². The molecule has 7 nitrogen and oxygen atoms in total. The standard InChI is InChI=1S/C30H36ClN3O4S/c1-21(2)32-30(36)27(18-24-14-7-6-8-15-24)33(19-25-16-9-10-17-26(25)31)28(35)20-34(39(5,37)38)29-22(3)12-11-13-23(29)4/h6-17,21,27H,18-20H2,1-5H3,(H,32,36)/t27-/m0/s1. The summed E-state index contributed by atoms with van der Waals surface area (Å²) in [5.74, 6) is -0.838. The number of hydrogen-bond acceptors (Lipinski definition) is 4. The van der Waals surface area contributed by atoms with E-state index in [0.29, 0.717) is 16.3 Å². The van der Waals surface area contributed by atoms with Gasteiger partial charge in [-0.15, -0.1) is 0 Å². The largest absolute Gasteiger partial charge is 0.352 e. The first kappa shape index (κ1) is 30.2. The molecule has 0 aliphatic carbocycles. The van der Waals surface area contributed by atoms with Gasteiger partial charge in [-0.1, -0.05) is 78.3 Å². The second-order valence-corrected chi connectivity index (χ2v) is 12.3. The van der Waals surface area contributed by atoms with Gasteiger partial charge < -0.3 is 10.2 Å². The van der Waals surface area contributed by atoms with Crippen molar-refractivity contribution in [3.05, 3.63) is 100 Å². The molecule has 39 heavy (non-hydrogen) atoms. The Bertz CT molecular complexity index is 1390. The number of carbonyl (C=O) groups is 2. The fraction of sp³-hybridized carbons (Fsp3) is 0.333. The summed E-state index contributed by atoms with van der Waals surface area (Å²) in [6.07, 6.45) is 1.33. The summed E-state index contributed by atoms with van der Waals surface area (Å²) in [6, 6.07) is 20.9. The third-order valence-electron chi connectivity index (χ3n) is 6.37. The third kappa shape index (κ3) is 8.07. The summed E-state index contributed by atoms with van der Waals surface area (Å²) in [4.78, 5) is 29.1. The summed E-state index contributed by atoms with van der Waals surface area (Å²) >= 11 is 6.47. The highest BCUT2D eigenvalue weighted by molar-refractivity contribution is 7.92. The van der Waals surface area contributed by atoms with E-state index in [9.17, 15) is 18.0 Å². The van der Waals surface area contributed by atoms with E-state index in [2.05, 4.69) is 5.32 Å². The van der Waals surface area contributed by atoms with E-state index in [1.165, 1.54) is 4.90 Å². The van der Waals surface area contributed by atoms with Crippen molar-refractivity contribution in [3.63, 3.8) is 0 Å². The molecule has 0 fully saturated rings. The smallest absolute Gasteiger partial charge is 0.244 e. The number of nitrogens with one attached hydrogen (secondary N) is 1. The number of carbonyl (C=O) groups excluding carboxylic acids is 2. The Morgan fingerprint density at radius 2 is 1.49 bits per heavy atom. The molecule has 208 valence electrons. The Morgan fingerprint density at radius 3 is 2.05 bits per heavy atom. The molecule has 0 aliphatic rings. The minimum absolute atomic E-state index is 0.0336. The van der Waals surface area contributed by atoms with Crippen LogP contribution in [-0.4, -0.2) is 50.0 Å². The van der Waals surface area contributed by atoms with Crippen LogP contribution in [0.3, 0.4) is 0 Å². The van der Waals surface area contributed by atoms with Gasteiger partial charge in [0.1, 0.15) is 12.6 Å². The summed E-state index contributed by atoms with van der Waals surface area (Å²) in [5.41, 5.74) is 3.43. The van der Waals surface area contributed by atoms with E-state index < -0.39 is 28.5 Å². The maximum atomic E-state index is 14.1. The van der Waals surface area contributed by atoms with Gasteiger partial charge in [0.15, 0.2) is 0 Å². The molecule has 9 heteroatoms. The predicted molar refractivity (Wildman–Crippen MR) is 157 cm³/mol. The van der Waals surface area contributed by atoms with Crippen LogP contribution in [0.5, 0.6) is 0 Å². The van der Waals surface area contributed by atoms with Gasteiger partial charge in [-0.05, 0) is 56.0 Å². The van der Waals surface area contributed by atoms with E-state index in [1.807, 2.05) is 56.3 Å². The summed E-state index contributed by atoms with van der Waals surface area (Å²) in [6.45, 7) is 6.89. The van der Waals surface area contributed by atoms with Crippen molar-refractivity contribution in [2.24, 2.45) is 0 Å². The highest BCUT2D eigenvalue weighted by Gasteiger charge is 2.34. The lowest BCUT2D eigenvalue weighted by atomic mass is 10.0. The van der Waals surface area contributed by atoms with Crippen LogP contribution in [0, 0.1) is 13.8 Å². The Kier molecular flexibility index (Phi) is 10.2. The van der Waals surface area contributed by atoms with Crippen LogP contribution in [0.15, 0.2) is 72.8 Å². The van der Waals surface area contributed by atoms with Gasteiger partial charge >= 0.3 is 0 Å². The number of aryl methyl sites for hydroxylation is 2. The van der Waals surface area contributed by atoms with E-state index in [0.717, 1.165) is 27.3 Å². The summed E-state index contributed by atoms with van der Waals surface area (Å²) < 4.78 is 27.1. The zero-order chi connectivity index (χ0) is 28.7. The van der Waals surface area contributed by atoms with Gasteiger partial charge in [-0.3, -0.25) is 13.9 Å². The van der Waals surface area contributed by atoms with Gasteiger partial charge in [-0.25, -0.2) is 8.42 Å². The highest BCUT2D eigenvalue weighted by atomic mass is 35.5. The first-order chi connectivity index (χ1) is 18.4. The molecule has 0 radical (unpaired) electrons. The maximum Gasteiger partial charge on any atom is 0.244 e. The van der Waals surface area contributed by atoms with Crippen molar-refractivity contribution in [3.8, 4) is 0 Å². The van der Waals surface area contributed by atoms with Crippen molar-refractivity contribution in [2.45, 2.75) is 52.7 Å². The maximum absolute atomic E-state index is 14.1. The molecule has 3 aromatic rings. The van der Waals surface area contributed by atoms with Crippen molar-refractivity contribution >= 4 is 39.1 Å². The second-order valence-electron chi connectivity index (χ2n) is 9.99. The summed E-state index contributed by atoms with van der Waals surface area (Å²) in [7, 11) is -3.84. The molecule has 0 aromatic heterocycles. The molecular formula is C30H36ClN3O4S. The van der Waals surface area contributed by atoms with Crippen LogP contribution in [-0.2, 0) is 32.6 Å². The zero-order valence-electron chi connectivity index (χ0n) is 23.0. The van der Waals surface area contributed by atoms with Crippen LogP contribution in [0.2, 0.25) is 5.02 Å². The molecule has 3 rings (SSSR count). The number of para-hydroxylation sites is 1. The lowest BCUT2D eigenvalue weighted by Gasteiger charge is -2.34. The van der Waals surface area contributed by atoms with Crippen LogP contribution in [0.25, 0.3) is 0 Å². The van der Waals surface area contributed by atoms with Gasteiger partial charge in [-0.2, -0.15) is 0 Å². The fourth-order valence-electron chi connectivity index (χ4n) is 4.52. The van der Waals surface area contributed by atoms with Crippen molar-refractivity contribution in [2.75, 3.05) is 17.1 Å². The first-order valence-electron chi connectivity index (χ1n) is 12.8. The number of halogens is 1. The third-order valence-corrected chi connectivity index (χ3v) is 7.85. The number of nitrogens with zero attached hydrogens (tertiary/aromatic N) is 2. The lowest BCUT2D eigenvalue weighted by Crippen LogP contribution is -2.54. The molecule has 1 atom stereocenters. The quantitative estimate of drug-likeness (QED) is 0.356. The topological polar surface area (TPSA) is 86.8 Å². The Morgan fingerprint density at radius 1 is 0.897 bits per heavy atom. The molecule has 0 saturated carbocycles. The first-order valence-corrected chi connectivity index (χ1v) is 15.0. The van der Waals surface area contributed by atoms with Crippen LogP contribution < -0.4 is 9.62 Å². The average Bonchev–Trinajstić information content (AvgIpc) is 2.86. The van der Waals surface area contributed by atoms with Gasteiger partial charge in [0.05, 0.1) is 11.9 Å². The van der Waals surface area contributed by atoms with E-state index in [4.69, 9.17) is 11.6 Å². The molecule has 0 unspecified atom stereocenters. The zero-order valence-corrected chi connectivity index (χ0v) is 24.6. The second kappa shape index (κ2) is 13.1. The van der Waals surface area contributed by atoms with Crippen molar-refractivity contribution in [1.29, 1.82) is 0 Å². The van der Waals surface area contributed by atoms with Crippen molar-refractivity contribution < 1.29 is 18.0 Å². The molecular weight excluding hydrogens is 534 g/mol. The van der Waals surface area contributed by atoms with Gasteiger partial charge in [0.2, 0.25) is 21.8 Å². The molecule has 0 heterocycles. The van der Waals surface area contributed by atoms with E-state index in [1.54, 1.807) is 44.2 Å². The normalized spacial score (nSPS) is 12.2. The molecule has 0 spiro atoms. The Balaban J connectivity index is 2.10. The van der Waals surface area contributed by atoms with Crippen molar-refractivity contribution in [1.82, 2.24) is 10.2 Å². The lowest BCUT2D eigenvalue weighted by molar-refractivity contribution is -0.140. The van der Waals surface area contributed by atoms with E-state index in [-0.39, 0.29) is 24.9 Å². The Labute approximate surface area is 236 Å². The van der Waals surface area contributed by atoms with E-state index >= 15 is 0 Å². The molecule has 1 N–H and O–H groups in total. The van der Waals surface area contributed by atoms with Gasteiger partial charge in [0.25, 0.3) is 0 Å². The minimum Gasteiger partial charge on any atom is -0.352 e. The Hall–Kier alpha value is -3.36. The van der Waals surface area contributed by atoms with Gasteiger partial charge in [0, 0.05) is 24.0 Å². The minimum atomic E-state index is -3.84. The number of amides is 2.